The number of hydrogen-bond donors (Lipinski definition) is 0. The molecule has 6 rings (SSSR count). The second kappa shape index (κ2) is 10.9. The summed E-state index contributed by atoms with van der Waals surface area (Å²) in [5.41, 5.74) is 0.377. The van der Waals surface area contributed by atoms with Crippen molar-refractivity contribution in [2.75, 3.05) is 26.2 Å². The quantitative estimate of drug-likeness (QED) is 0.417. The second-order valence-corrected chi connectivity index (χ2v) is 14.9. The van der Waals surface area contributed by atoms with E-state index in [1.54, 1.807) is 13.8 Å². The second-order valence-electron chi connectivity index (χ2n) is 14.9. The molecule has 220 valence electrons. The van der Waals surface area contributed by atoms with Crippen LogP contribution < -0.4 is 0 Å². The molecule has 0 N–H and O–H groups in total. The minimum Gasteiger partial charge on any atom is -0.461 e. The van der Waals surface area contributed by atoms with Crippen molar-refractivity contribution in [1.82, 2.24) is 9.80 Å². The first kappa shape index (κ1) is 28.0. The summed E-state index contributed by atoms with van der Waals surface area (Å²) in [5.74, 6) is 2.49. The Balaban J connectivity index is 1.27. The van der Waals surface area contributed by atoms with Gasteiger partial charge in [0.05, 0.1) is 0 Å². The van der Waals surface area contributed by atoms with Gasteiger partial charge in [0.2, 0.25) is 0 Å². The molecular weight excluding hydrogens is 488 g/mol. The molecule has 0 radical (unpaired) electrons. The molecule has 0 aromatic rings. The molecule has 6 heteroatoms. The van der Waals surface area contributed by atoms with Crippen LogP contribution in [0.3, 0.4) is 0 Å². The fraction of sp³-hybridized carbons (Fsp3) is 0.939. The SMILES string of the molecule is CC(=O)OC1CC2CCC3C(CC[C@@]4(C)C3CC(N3CCCCC3)C4OC(C)=O)[C@@]2(C)CC1N1CCCCC1. The molecule has 8 unspecified atom stereocenters. The van der Waals surface area contributed by atoms with E-state index >= 15 is 0 Å². The van der Waals surface area contributed by atoms with Crippen molar-refractivity contribution in [1.29, 1.82) is 0 Å². The molecule has 4 aliphatic carbocycles. The number of hydrogen-bond acceptors (Lipinski definition) is 6. The predicted octanol–water partition coefficient (Wildman–Crippen LogP) is 5.82. The van der Waals surface area contributed by atoms with E-state index in [2.05, 4.69) is 23.6 Å². The van der Waals surface area contributed by atoms with Crippen LogP contribution >= 0.6 is 0 Å². The Morgan fingerprint density at radius 1 is 0.692 bits per heavy atom. The zero-order valence-corrected chi connectivity index (χ0v) is 25.2. The average Bonchev–Trinajstić information content (AvgIpc) is 3.21. The van der Waals surface area contributed by atoms with Crippen LogP contribution in [-0.4, -0.2) is 72.2 Å². The first-order valence-corrected chi connectivity index (χ1v) is 16.5. The average molecular weight is 543 g/mol. The Morgan fingerprint density at radius 3 is 1.92 bits per heavy atom. The Bertz CT molecular complexity index is 913. The lowest BCUT2D eigenvalue weighted by molar-refractivity contribution is -0.180. The highest BCUT2D eigenvalue weighted by Crippen LogP contribution is 2.67. The molecule has 6 aliphatic rings. The van der Waals surface area contributed by atoms with Gasteiger partial charge in [-0.05, 0) is 126 Å². The largest absolute Gasteiger partial charge is 0.461 e. The third-order valence-corrected chi connectivity index (χ3v) is 12.9. The summed E-state index contributed by atoms with van der Waals surface area (Å²) in [6.07, 6.45) is 16.2. The van der Waals surface area contributed by atoms with Gasteiger partial charge in [-0.25, -0.2) is 0 Å². The molecule has 6 fully saturated rings. The molecule has 0 amide bonds. The topological polar surface area (TPSA) is 59.1 Å². The number of likely N-dealkylation sites (tertiary alicyclic amines) is 2. The minimum absolute atomic E-state index is 0.0328. The molecule has 39 heavy (non-hydrogen) atoms. The van der Waals surface area contributed by atoms with Crippen molar-refractivity contribution in [3.8, 4) is 0 Å². The Labute approximate surface area is 236 Å². The highest BCUT2D eigenvalue weighted by Gasteiger charge is 2.65. The first-order chi connectivity index (χ1) is 18.7. The van der Waals surface area contributed by atoms with E-state index in [-0.39, 0.29) is 29.6 Å². The van der Waals surface area contributed by atoms with Gasteiger partial charge in [-0.15, -0.1) is 0 Å². The van der Waals surface area contributed by atoms with Crippen molar-refractivity contribution in [3.05, 3.63) is 0 Å². The van der Waals surface area contributed by atoms with Crippen molar-refractivity contribution in [2.45, 2.75) is 135 Å². The normalized spacial score (nSPS) is 47.0. The molecule has 0 aromatic carbocycles. The lowest BCUT2D eigenvalue weighted by atomic mass is 9.44. The summed E-state index contributed by atoms with van der Waals surface area (Å²) in [6, 6.07) is 0.746. The van der Waals surface area contributed by atoms with Gasteiger partial charge in [-0.1, -0.05) is 26.7 Å². The van der Waals surface area contributed by atoms with Gasteiger partial charge < -0.3 is 9.47 Å². The summed E-state index contributed by atoms with van der Waals surface area (Å²) in [6.45, 7) is 12.9. The van der Waals surface area contributed by atoms with Gasteiger partial charge in [0, 0.05) is 31.3 Å². The van der Waals surface area contributed by atoms with Gasteiger partial charge in [0.25, 0.3) is 0 Å². The Morgan fingerprint density at radius 2 is 1.31 bits per heavy atom. The zero-order valence-electron chi connectivity index (χ0n) is 25.2. The number of ether oxygens (including phenoxy) is 2. The van der Waals surface area contributed by atoms with Gasteiger partial charge in [-0.3, -0.25) is 19.4 Å². The van der Waals surface area contributed by atoms with Crippen LogP contribution in [0.15, 0.2) is 0 Å². The van der Waals surface area contributed by atoms with E-state index in [4.69, 9.17) is 9.47 Å². The van der Waals surface area contributed by atoms with Crippen LogP contribution in [0.25, 0.3) is 0 Å². The standard InChI is InChI=1S/C33H54N2O4/c1-22(36)38-30-19-24-11-12-25-26(33(24,4)21-29(30)35-17-9-6-10-18-35)13-14-32(3)27(25)20-28(31(32)39-23(2)37)34-15-7-5-8-16-34/h24-31H,5-21H2,1-4H3/t24?,25?,26?,27?,28?,29?,30?,31?,32-,33-/m0/s1. The fourth-order valence-electron chi connectivity index (χ4n) is 11.2. The van der Waals surface area contributed by atoms with Crippen LogP contribution in [0, 0.1) is 34.5 Å². The van der Waals surface area contributed by atoms with Gasteiger partial charge in [0.15, 0.2) is 0 Å². The number of carbonyl (C=O) groups is 2. The molecule has 0 spiro atoms. The predicted molar refractivity (Wildman–Crippen MR) is 152 cm³/mol. The van der Waals surface area contributed by atoms with Crippen molar-refractivity contribution in [3.63, 3.8) is 0 Å². The van der Waals surface area contributed by atoms with Crippen LogP contribution in [0.4, 0.5) is 0 Å². The monoisotopic (exact) mass is 542 g/mol. The number of piperidine rings is 2. The van der Waals surface area contributed by atoms with Crippen LogP contribution in [0.2, 0.25) is 0 Å². The number of nitrogens with zero attached hydrogens (tertiary/aromatic N) is 2. The molecule has 4 saturated carbocycles. The molecule has 0 aromatic heterocycles. The summed E-state index contributed by atoms with van der Waals surface area (Å²) in [5, 5.41) is 0. The van der Waals surface area contributed by atoms with Crippen LogP contribution in [0.5, 0.6) is 0 Å². The highest BCUT2D eigenvalue weighted by molar-refractivity contribution is 5.66. The highest BCUT2D eigenvalue weighted by atomic mass is 16.5. The number of carbonyl (C=O) groups excluding carboxylic acids is 2. The summed E-state index contributed by atoms with van der Waals surface area (Å²) in [4.78, 5) is 29.9. The number of esters is 2. The maximum absolute atomic E-state index is 12.4. The maximum atomic E-state index is 12.4. The van der Waals surface area contributed by atoms with E-state index in [0.29, 0.717) is 35.3 Å². The van der Waals surface area contributed by atoms with Crippen LogP contribution in [-0.2, 0) is 19.1 Å². The minimum atomic E-state index is -0.112. The molecule has 2 saturated heterocycles. The zero-order chi connectivity index (χ0) is 27.4. The third kappa shape index (κ3) is 4.98. The van der Waals surface area contributed by atoms with E-state index in [1.807, 2.05) is 0 Å². The van der Waals surface area contributed by atoms with Gasteiger partial charge in [-0.2, -0.15) is 0 Å². The lowest BCUT2D eigenvalue weighted by Crippen LogP contribution is -2.61. The van der Waals surface area contributed by atoms with Crippen molar-refractivity contribution >= 4 is 11.9 Å². The number of rotatable bonds is 4. The molecule has 2 heterocycles. The van der Waals surface area contributed by atoms with Gasteiger partial charge in [0.1, 0.15) is 12.2 Å². The molecule has 10 atom stereocenters. The maximum Gasteiger partial charge on any atom is 0.302 e. The third-order valence-electron chi connectivity index (χ3n) is 12.9. The smallest absolute Gasteiger partial charge is 0.302 e. The summed E-state index contributed by atoms with van der Waals surface area (Å²) < 4.78 is 12.3. The molecule has 6 nitrogen and oxygen atoms in total. The van der Waals surface area contributed by atoms with E-state index in [9.17, 15) is 9.59 Å². The first-order valence-electron chi connectivity index (χ1n) is 16.5. The number of fused-ring (bicyclic) bond motifs is 5. The lowest BCUT2D eigenvalue weighted by Gasteiger charge is -2.62. The van der Waals surface area contributed by atoms with Crippen LogP contribution in [0.1, 0.15) is 111 Å². The van der Waals surface area contributed by atoms with E-state index in [1.165, 1.54) is 77.0 Å². The summed E-state index contributed by atoms with van der Waals surface area (Å²) in [7, 11) is 0. The molecular formula is C33H54N2O4. The fourth-order valence-corrected chi connectivity index (χ4v) is 11.2. The molecule has 0 bridgehead atoms. The Kier molecular flexibility index (Phi) is 7.85. The van der Waals surface area contributed by atoms with Crippen molar-refractivity contribution in [2.24, 2.45) is 34.5 Å². The Hall–Kier alpha value is -1.14. The van der Waals surface area contributed by atoms with E-state index < -0.39 is 0 Å². The molecule has 2 aliphatic heterocycles. The van der Waals surface area contributed by atoms with E-state index in [0.717, 1.165) is 38.5 Å². The van der Waals surface area contributed by atoms with Crippen molar-refractivity contribution < 1.29 is 19.1 Å². The van der Waals surface area contributed by atoms with Gasteiger partial charge >= 0.3 is 11.9 Å². The summed E-state index contributed by atoms with van der Waals surface area (Å²) >= 11 is 0.